The van der Waals surface area contributed by atoms with Crippen molar-refractivity contribution in [2.75, 3.05) is 7.11 Å². The highest BCUT2D eigenvalue weighted by atomic mass is 16.5. The first-order valence-electron chi connectivity index (χ1n) is 10.1. The Morgan fingerprint density at radius 1 is 1.40 bits per heavy atom. The summed E-state index contributed by atoms with van der Waals surface area (Å²) in [5.74, 6) is 1.46. The Labute approximate surface area is 151 Å². The maximum Gasteiger partial charge on any atom is 0.333 e. The van der Waals surface area contributed by atoms with Crippen molar-refractivity contribution in [2.45, 2.75) is 83.1 Å². The maximum absolute atomic E-state index is 12.6. The van der Waals surface area contributed by atoms with Gasteiger partial charge in [0.1, 0.15) is 0 Å². The Morgan fingerprint density at radius 2 is 2.16 bits per heavy atom. The van der Waals surface area contributed by atoms with E-state index < -0.39 is 0 Å². The molecule has 0 aromatic heterocycles. The van der Waals surface area contributed by atoms with Gasteiger partial charge < -0.3 is 14.8 Å². The third-order valence-electron chi connectivity index (χ3n) is 7.98. The Morgan fingerprint density at radius 3 is 2.80 bits per heavy atom. The standard InChI is InChI=1S/C21H33NO3/c1-6-21-11-15(19(23)24-5)18-14(13(21)3)10-16(20(18,4)25-21)17-9-7-8-12(2)22-17/h11-14,16-18,22H,6-10H2,1-5H3/t12?,13?,14-,16+,17-,18-,20?,21?/m0/s1. The topological polar surface area (TPSA) is 47.6 Å². The minimum Gasteiger partial charge on any atom is -0.466 e. The number of methoxy groups -OCH3 is 1. The van der Waals surface area contributed by atoms with Gasteiger partial charge in [-0.15, -0.1) is 0 Å². The van der Waals surface area contributed by atoms with Crippen molar-refractivity contribution < 1.29 is 14.3 Å². The first-order chi connectivity index (χ1) is 11.9. The van der Waals surface area contributed by atoms with Crippen LogP contribution in [0.25, 0.3) is 0 Å². The minimum absolute atomic E-state index is 0.153. The Balaban J connectivity index is 1.75. The molecule has 4 nitrogen and oxygen atoms in total. The van der Waals surface area contributed by atoms with Crippen LogP contribution in [0.15, 0.2) is 11.6 Å². The van der Waals surface area contributed by atoms with Gasteiger partial charge in [0.05, 0.1) is 18.3 Å². The van der Waals surface area contributed by atoms with Crippen LogP contribution in [-0.2, 0) is 14.3 Å². The number of nitrogens with one attached hydrogen (secondary N) is 1. The predicted octanol–water partition coefficient (Wildman–Crippen LogP) is 3.46. The van der Waals surface area contributed by atoms with Gasteiger partial charge in [-0.05, 0) is 57.4 Å². The molecule has 2 aliphatic carbocycles. The molecule has 8 atom stereocenters. The summed E-state index contributed by atoms with van der Waals surface area (Å²) in [5.41, 5.74) is 0.306. The van der Waals surface area contributed by atoms with Crippen molar-refractivity contribution in [1.29, 1.82) is 0 Å². The fourth-order valence-electron chi connectivity index (χ4n) is 6.73. The van der Waals surface area contributed by atoms with Gasteiger partial charge in [0.2, 0.25) is 0 Å². The number of ether oxygens (including phenoxy) is 2. The number of rotatable bonds is 3. The summed E-state index contributed by atoms with van der Waals surface area (Å²) in [5, 5.41) is 3.84. The van der Waals surface area contributed by atoms with Gasteiger partial charge in [0.15, 0.2) is 0 Å². The van der Waals surface area contributed by atoms with E-state index in [1.807, 2.05) is 0 Å². The van der Waals surface area contributed by atoms with Crippen molar-refractivity contribution in [3.63, 3.8) is 0 Å². The van der Waals surface area contributed by atoms with E-state index in [4.69, 9.17) is 9.47 Å². The molecule has 0 radical (unpaired) electrons. The molecule has 0 amide bonds. The molecule has 140 valence electrons. The molecule has 0 aromatic carbocycles. The lowest BCUT2D eigenvalue weighted by atomic mass is 9.60. The Kier molecular flexibility index (Phi) is 4.08. The van der Waals surface area contributed by atoms with E-state index >= 15 is 0 Å². The van der Waals surface area contributed by atoms with Crippen LogP contribution in [0.1, 0.15) is 59.8 Å². The quantitative estimate of drug-likeness (QED) is 0.794. The fraction of sp³-hybridized carbons (Fsp3) is 0.857. The van der Waals surface area contributed by atoms with Gasteiger partial charge in [0.25, 0.3) is 0 Å². The summed E-state index contributed by atoms with van der Waals surface area (Å²) in [6, 6.07) is 1.08. The van der Waals surface area contributed by atoms with Crippen LogP contribution >= 0.6 is 0 Å². The van der Waals surface area contributed by atoms with Gasteiger partial charge in [-0.2, -0.15) is 0 Å². The molecule has 0 spiro atoms. The summed E-state index contributed by atoms with van der Waals surface area (Å²) in [7, 11) is 1.50. The van der Waals surface area contributed by atoms with E-state index in [2.05, 4.69) is 39.1 Å². The van der Waals surface area contributed by atoms with Crippen molar-refractivity contribution in [3.05, 3.63) is 11.6 Å². The Hall–Kier alpha value is -0.870. The summed E-state index contributed by atoms with van der Waals surface area (Å²) in [4.78, 5) is 12.6. The number of carbonyl (C=O) groups excluding carboxylic acids is 1. The van der Waals surface area contributed by atoms with Crippen molar-refractivity contribution in [3.8, 4) is 0 Å². The normalized spacial score (nSPS) is 51.3. The molecule has 5 aliphatic rings. The van der Waals surface area contributed by atoms with E-state index in [9.17, 15) is 4.79 Å². The third-order valence-corrected chi connectivity index (χ3v) is 7.98. The van der Waals surface area contributed by atoms with Crippen molar-refractivity contribution in [2.24, 2.45) is 23.7 Å². The van der Waals surface area contributed by atoms with Crippen LogP contribution < -0.4 is 5.32 Å². The summed E-state index contributed by atoms with van der Waals surface area (Å²) in [6.07, 6.45) is 7.95. The molecule has 1 saturated carbocycles. The molecule has 2 saturated heterocycles. The SMILES string of the molecule is CCC12C=C(C(=O)OC)[C@@H]3[C@@H](C[C@H]([C@@H]4CCCC(C)N4)C3(C)O1)C2C. The van der Waals surface area contributed by atoms with Gasteiger partial charge in [-0.25, -0.2) is 4.79 Å². The van der Waals surface area contributed by atoms with Gasteiger partial charge >= 0.3 is 5.97 Å². The van der Waals surface area contributed by atoms with Crippen LogP contribution in [0.3, 0.4) is 0 Å². The minimum atomic E-state index is -0.313. The highest BCUT2D eigenvalue weighted by Crippen LogP contribution is 2.66. The molecule has 4 heteroatoms. The van der Waals surface area contributed by atoms with Crippen molar-refractivity contribution >= 4 is 5.97 Å². The smallest absolute Gasteiger partial charge is 0.333 e. The largest absolute Gasteiger partial charge is 0.466 e. The number of esters is 1. The fourth-order valence-corrected chi connectivity index (χ4v) is 6.73. The van der Waals surface area contributed by atoms with Crippen LogP contribution in [-0.4, -0.2) is 36.4 Å². The number of hydrogen-bond donors (Lipinski definition) is 1. The molecule has 4 unspecified atom stereocenters. The second-order valence-electron chi connectivity index (χ2n) is 9.06. The number of piperidine rings is 1. The van der Waals surface area contributed by atoms with Crippen LogP contribution in [0.2, 0.25) is 0 Å². The molecule has 4 bridgehead atoms. The maximum atomic E-state index is 12.6. The molecular formula is C21H33NO3. The second kappa shape index (κ2) is 5.82. The van der Waals surface area contributed by atoms with E-state index in [0.29, 0.717) is 29.8 Å². The van der Waals surface area contributed by atoms with Gasteiger partial charge in [0, 0.05) is 29.5 Å². The van der Waals surface area contributed by atoms with E-state index in [1.54, 1.807) is 0 Å². The zero-order chi connectivity index (χ0) is 18.0. The lowest BCUT2D eigenvalue weighted by molar-refractivity contribution is -0.230. The lowest BCUT2D eigenvalue weighted by Gasteiger charge is -2.58. The average Bonchev–Trinajstić information content (AvgIpc) is 2.87. The molecule has 25 heavy (non-hydrogen) atoms. The first-order valence-corrected chi connectivity index (χ1v) is 10.1. The Bertz CT molecular complexity index is 602. The lowest BCUT2D eigenvalue weighted by Crippen LogP contribution is -2.63. The zero-order valence-electron chi connectivity index (χ0n) is 16.3. The summed E-state index contributed by atoms with van der Waals surface area (Å²) >= 11 is 0. The first kappa shape index (κ1) is 17.5. The van der Waals surface area contributed by atoms with Crippen LogP contribution in [0.5, 0.6) is 0 Å². The molecule has 3 fully saturated rings. The van der Waals surface area contributed by atoms with Gasteiger partial charge in [-0.3, -0.25) is 0 Å². The monoisotopic (exact) mass is 347 g/mol. The third kappa shape index (κ3) is 2.29. The highest BCUT2D eigenvalue weighted by molar-refractivity contribution is 5.90. The molecule has 3 heterocycles. The number of hydrogen-bond acceptors (Lipinski definition) is 4. The molecule has 0 aromatic rings. The average molecular weight is 347 g/mol. The zero-order valence-corrected chi connectivity index (χ0v) is 16.3. The van der Waals surface area contributed by atoms with Crippen molar-refractivity contribution in [1.82, 2.24) is 5.32 Å². The molecule has 5 rings (SSSR count). The van der Waals surface area contributed by atoms with E-state index in [-0.39, 0.29) is 23.1 Å². The molecular weight excluding hydrogens is 314 g/mol. The predicted molar refractivity (Wildman–Crippen MR) is 97.1 cm³/mol. The van der Waals surface area contributed by atoms with Gasteiger partial charge in [-0.1, -0.05) is 20.3 Å². The van der Waals surface area contributed by atoms with Crippen LogP contribution in [0.4, 0.5) is 0 Å². The number of carbonyl (C=O) groups is 1. The molecule has 1 N–H and O–H groups in total. The molecule has 3 aliphatic heterocycles. The highest BCUT2D eigenvalue weighted by Gasteiger charge is 2.69. The summed E-state index contributed by atoms with van der Waals surface area (Å²) < 4.78 is 12.1. The summed E-state index contributed by atoms with van der Waals surface area (Å²) in [6.45, 7) is 9.07. The van der Waals surface area contributed by atoms with Crippen LogP contribution in [0, 0.1) is 23.7 Å². The van der Waals surface area contributed by atoms with E-state index in [0.717, 1.165) is 18.4 Å². The second-order valence-corrected chi connectivity index (χ2v) is 9.06. The van der Waals surface area contributed by atoms with E-state index in [1.165, 1.54) is 26.4 Å².